The van der Waals surface area contributed by atoms with Crippen LogP contribution in [0.3, 0.4) is 0 Å². The fourth-order valence-electron chi connectivity index (χ4n) is 3.17. The Labute approximate surface area is 157 Å². The van der Waals surface area contributed by atoms with Crippen LogP contribution in [0.25, 0.3) is 0 Å². The number of nitrogens with one attached hydrogen (secondary N) is 2. The number of esters is 1. The molecule has 27 heavy (non-hydrogen) atoms. The van der Waals surface area contributed by atoms with Crippen molar-refractivity contribution in [3.8, 4) is 0 Å². The van der Waals surface area contributed by atoms with Gasteiger partial charge in [0.15, 0.2) is 0 Å². The first-order valence-electron chi connectivity index (χ1n) is 9.15. The lowest BCUT2D eigenvalue weighted by Gasteiger charge is -2.11. The fraction of sp³-hybridized carbons (Fsp3) is 0.333. The summed E-state index contributed by atoms with van der Waals surface area (Å²) < 4.78 is 18.3. The third-order valence-corrected chi connectivity index (χ3v) is 4.63. The minimum atomic E-state index is -0.345. The van der Waals surface area contributed by atoms with Crippen LogP contribution in [0.5, 0.6) is 0 Å². The number of cyclic esters (lactones) is 1. The predicted octanol–water partition coefficient (Wildman–Crippen LogP) is 4.55. The molecule has 0 radical (unpaired) electrons. The molecule has 6 heteroatoms. The molecule has 3 rings (SSSR count). The normalized spacial score (nSPS) is 18.8. The van der Waals surface area contributed by atoms with Crippen molar-refractivity contribution in [2.75, 3.05) is 5.32 Å². The van der Waals surface area contributed by atoms with Crippen molar-refractivity contribution in [3.63, 3.8) is 0 Å². The molecule has 1 aliphatic heterocycles. The number of hydrogen-bond donors (Lipinski definition) is 2. The average Bonchev–Trinajstić information content (AvgIpc) is 3.03. The highest BCUT2D eigenvalue weighted by Gasteiger charge is 2.34. The highest BCUT2D eigenvalue weighted by atomic mass is 19.1. The molecule has 142 valence electrons. The second-order valence-electron chi connectivity index (χ2n) is 6.70. The van der Waals surface area contributed by atoms with E-state index in [2.05, 4.69) is 17.6 Å². The van der Waals surface area contributed by atoms with Gasteiger partial charge in [-0.25, -0.2) is 9.18 Å². The van der Waals surface area contributed by atoms with Crippen LogP contribution < -0.4 is 10.6 Å². The van der Waals surface area contributed by atoms with Gasteiger partial charge in [-0.15, -0.1) is 0 Å². The van der Waals surface area contributed by atoms with Crippen LogP contribution >= 0.6 is 0 Å². The molecular weight excluding hydrogens is 347 g/mol. The Hall–Kier alpha value is -2.89. The zero-order valence-electron chi connectivity index (χ0n) is 15.2. The van der Waals surface area contributed by atoms with Crippen molar-refractivity contribution in [2.24, 2.45) is 5.92 Å². The van der Waals surface area contributed by atoms with Crippen LogP contribution in [0.4, 0.5) is 14.9 Å². The van der Waals surface area contributed by atoms with Gasteiger partial charge >= 0.3 is 12.0 Å². The van der Waals surface area contributed by atoms with Gasteiger partial charge in [0.2, 0.25) is 0 Å². The first-order chi connectivity index (χ1) is 13.0. The lowest BCUT2D eigenvalue weighted by Crippen LogP contribution is -2.28. The SMILES string of the molecule is CCCC1CC(c2ccc(NC(=O)NCc3ccc(F)cc3)cc2)OC1=O. The summed E-state index contributed by atoms with van der Waals surface area (Å²) in [6.45, 7) is 2.36. The standard InChI is InChI=1S/C21H23FN2O3/c1-2-3-16-12-19(27-20(16)25)15-6-10-18(11-7-15)24-21(26)23-13-14-4-8-17(22)9-5-14/h4-11,16,19H,2-3,12-13H2,1H3,(H2,23,24,26). The van der Waals surface area contributed by atoms with Gasteiger partial charge in [-0.2, -0.15) is 0 Å². The number of carbonyl (C=O) groups excluding carboxylic acids is 2. The van der Waals surface area contributed by atoms with Gasteiger partial charge in [0.25, 0.3) is 0 Å². The minimum Gasteiger partial charge on any atom is -0.457 e. The highest BCUT2D eigenvalue weighted by Crippen LogP contribution is 2.35. The number of anilines is 1. The molecule has 2 N–H and O–H groups in total. The van der Waals surface area contributed by atoms with E-state index < -0.39 is 0 Å². The largest absolute Gasteiger partial charge is 0.457 e. The maximum atomic E-state index is 12.9. The molecule has 2 unspecified atom stereocenters. The summed E-state index contributed by atoms with van der Waals surface area (Å²) in [6, 6.07) is 12.9. The number of amides is 2. The van der Waals surface area contributed by atoms with Gasteiger partial charge in [0, 0.05) is 18.7 Å². The number of rotatable bonds is 6. The van der Waals surface area contributed by atoms with Gasteiger partial charge in [0.05, 0.1) is 5.92 Å². The van der Waals surface area contributed by atoms with Crippen LogP contribution in [0.15, 0.2) is 48.5 Å². The van der Waals surface area contributed by atoms with E-state index in [-0.39, 0.29) is 29.8 Å². The lowest BCUT2D eigenvalue weighted by atomic mass is 9.96. The summed E-state index contributed by atoms with van der Waals surface area (Å²) >= 11 is 0. The molecule has 0 spiro atoms. The zero-order valence-corrected chi connectivity index (χ0v) is 15.2. The van der Waals surface area contributed by atoms with Crippen molar-refractivity contribution >= 4 is 17.7 Å². The Morgan fingerprint density at radius 3 is 2.52 bits per heavy atom. The summed E-state index contributed by atoms with van der Waals surface area (Å²) in [5, 5.41) is 5.47. The highest BCUT2D eigenvalue weighted by molar-refractivity contribution is 5.89. The van der Waals surface area contributed by atoms with Crippen molar-refractivity contribution in [2.45, 2.75) is 38.8 Å². The number of carbonyl (C=O) groups is 2. The van der Waals surface area contributed by atoms with Gasteiger partial charge in [-0.1, -0.05) is 37.6 Å². The van der Waals surface area contributed by atoms with E-state index >= 15 is 0 Å². The molecule has 1 saturated heterocycles. The first kappa shape index (κ1) is 18.9. The molecule has 0 bridgehead atoms. The van der Waals surface area contributed by atoms with E-state index in [0.29, 0.717) is 18.7 Å². The van der Waals surface area contributed by atoms with Crippen molar-refractivity contribution in [1.82, 2.24) is 5.32 Å². The Kier molecular flexibility index (Phi) is 6.06. The molecule has 0 aromatic heterocycles. The number of ether oxygens (including phenoxy) is 1. The molecule has 2 atom stereocenters. The second kappa shape index (κ2) is 8.66. The number of halogens is 1. The molecule has 1 heterocycles. The summed E-state index contributed by atoms with van der Waals surface area (Å²) in [6.07, 6.45) is 2.30. The summed E-state index contributed by atoms with van der Waals surface area (Å²) in [4.78, 5) is 23.8. The fourth-order valence-corrected chi connectivity index (χ4v) is 3.17. The lowest BCUT2D eigenvalue weighted by molar-refractivity contribution is -0.144. The van der Waals surface area contributed by atoms with Crippen LogP contribution in [-0.2, 0) is 16.1 Å². The van der Waals surface area contributed by atoms with Crippen LogP contribution in [0.2, 0.25) is 0 Å². The van der Waals surface area contributed by atoms with E-state index in [9.17, 15) is 14.0 Å². The van der Waals surface area contributed by atoms with Gasteiger partial charge in [-0.3, -0.25) is 4.79 Å². The summed E-state index contributed by atoms with van der Waals surface area (Å²) in [7, 11) is 0. The molecule has 0 aliphatic carbocycles. The van der Waals surface area contributed by atoms with Crippen LogP contribution in [0, 0.1) is 11.7 Å². The van der Waals surface area contributed by atoms with Crippen LogP contribution in [0.1, 0.15) is 43.4 Å². The quantitative estimate of drug-likeness (QED) is 0.733. The first-order valence-corrected chi connectivity index (χ1v) is 9.15. The number of hydrogen-bond acceptors (Lipinski definition) is 3. The van der Waals surface area contributed by atoms with Crippen molar-refractivity contribution < 1.29 is 18.7 Å². The number of urea groups is 1. The van der Waals surface area contributed by atoms with E-state index in [1.807, 2.05) is 12.1 Å². The Bertz CT molecular complexity index is 790. The van der Waals surface area contributed by atoms with E-state index in [0.717, 1.165) is 24.0 Å². The third kappa shape index (κ3) is 5.06. The van der Waals surface area contributed by atoms with Gasteiger partial charge in [0.1, 0.15) is 11.9 Å². The Morgan fingerprint density at radius 1 is 1.15 bits per heavy atom. The van der Waals surface area contributed by atoms with Crippen molar-refractivity contribution in [1.29, 1.82) is 0 Å². The van der Waals surface area contributed by atoms with Gasteiger partial charge in [-0.05, 0) is 41.8 Å². The van der Waals surface area contributed by atoms with Crippen molar-refractivity contribution in [3.05, 3.63) is 65.5 Å². The number of benzene rings is 2. The molecule has 1 aliphatic rings. The predicted molar refractivity (Wildman–Crippen MR) is 101 cm³/mol. The zero-order chi connectivity index (χ0) is 19.2. The van der Waals surface area contributed by atoms with Crippen LogP contribution in [-0.4, -0.2) is 12.0 Å². The molecule has 1 fully saturated rings. The molecular formula is C21H23FN2O3. The molecule has 0 saturated carbocycles. The molecule has 5 nitrogen and oxygen atoms in total. The minimum absolute atomic E-state index is 0.0185. The Balaban J connectivity index is 1.51. The topological polar surface area (TPSA) is 67.4 Å². The van der Waals surface area contributed by atoms with Gasteiger partial charge < -0.3 is 15.4 Å². The summed E-state index contributed by atoms with van der Waals surface area (Å²) in [5.41, 5.74) is 2.38. The van der Waals surface area contributed by atoms with E-state index in [1.54, 1.807) is 24.3 Å². The maximum absolute atomic E-state index is 12.9. The van der Waals surface area contributed by atoms with E-state index in [1.165, 1.54) is 12.1 Å². The molecule has 2 aromatic carbocycles. The second-order valence-corrected chi connectivity index (χ2v) is 6.70. The molecule has 2 amide bonds. The summed E-state index contributed by atoms with van der Waals surface area (Å²) in [5.74, 6) is -0.448. The van der Waals surface area contributed by atoms with E-state index in [4.69, 9.17) is 4.74 Å². The maximum Gasteiger partial charge on any atom is 0.319 e. The monoisotopic (exact) mass is 370 g/mol. The third-order valence-electron chi connectivity index (χ3n) is 4.63. The smallest absolute Gasteiger partial charge is 0.319 e. The Morgan fingerprint density at radius 2 is 1.85 bits per heavy atom. The average molecular weight is 370 g/mol. The molecule has 2 aromatic rings.